The zero-order valence-corrected chi connectivity index (χ0v) is 14.1. The van der Waals surface area contributed by atoms with Crippen molar-refractivity contribution in [2.75, 3.05) is 0 Å². The Kier molecular flexibility index (Phi) is 4.48. The number of amides is 2. The topological polar surface area (TPSA) is 112 Å². The van der Waals surface area contributed by atoms with Crippen LogP contribution < -0.4 is 17.0 Å². The quantitative estimate of drug-likeness (QED) is 0.732. The fraction of sp³-hybridized carbons (Fsp3) is 0. The van der Waals surface area contributed by atoms with Crippen LogP contribution >= 0.6 is 23.2 Å². The van der Waals surface area contributed by atoms with Crippen LogP contribution in [0.15, 0.2) is 51.9 Å². The van der Waals surface area contributed by atoms with E-state index >= 15 is 0 Å². The summed E-state index contributed by atoms with van der Waals surface area (Å²) in [5, 5.41) is 1.20. The molecule has 0 saturated carbocycles. The van der Waals surface area contributed by atoms with Crippen LogP contribution in [0.2, 0.25) is 10.0 Å². The van der Waals surface area contributed by atoms with Gasteiger partial charge in [0.1, 0.15) is 5.56 Å². The molecule has 0 aliphatic heterocycles. The van der Waals surface area contributed by atoms with Crippen LogP contribution in [0.3, 0.4) is 0 Å². The summed E-state index contributed by atoms with van der Waals surface area (Å²) in [5.74, 6) is -1.27. The number of carbonyl (C=O) groups is 2. The molecule has 3 aromatic rings. The Balaban J connectivity index is 2.24. The van der Waals surface area contributed by atoms with Crippen molar-refractivity contribution >= 4 is 51.7 Å². The Hall–Kier alpha value is -2.83. The second-order valence-corrected chi connectivity index (χ2v) is 6.00. The van der Waals surface area contributed by atoms with Gasteiger partial charge < -0.3 is 15.9 Å². The molecule has 0 aliphatic rings. The van der Waals surface area contributed by atoms with Gasteiger partial charge in [0.25, 0.3) is 5.91 Å². The standard InChI is InChI=1S/C17H11Cl2N3O3/c18-10-5-9-6-12(16(21)24)17(25-14(9)13(19)7-10)22-11-3-1-8(2-4-11)15(20)23/h1-7H,(H2,20,23)(H2,21,24). The molecule has 0 spiro atoms. The van der Waals surface area contributed by atoms with Crippen molar-refractivity contribution in [3.8, 4) is 0 Å². The minimum Gasteiger partial charge on any atom is -0.436 e. The molecular formula is C17H11Cl2N3O3. The van der Waals surface area contributed by atoms with Gasteiger partial charge in [-0.2, -0.15) is 0 Å². The molecule has 3 rings (SSSR count). The maximum absolute atomic E-state index is 11.7. The molecule has 4 N–H and O–H groups in total. The number of nitrogens with two attached hydrogens (primary N) is 2. The lowest BCUT2D eigenvalue weighted by Crippen LogP contribution is -2.21. The molecule has 1 aromatic heterocycles. The predicted octanol–water partition coefficient (Wildman–Crippen LogP) is 3.17. The summed E-state index contributed by atoms with van der Waals surface area (Å²) in [6.07, 6.45) is 0. The van der Waals surface area contributed by atoms with Crippen LogP contribution in [0.25, 0.3) is 11.0 Å². The summed E-state index contributed by atoms with van der Waals surface area (Å²) in [6.45, 7) is 0. The molecule has 0 saturated heterocycles. The van der Waals surface area contributed by atoms with Crippen molar-refractivity contribution in [2.24, 2.45) is 16.5 Å². The fourth-order valence-corrected chi connectivity index (χ4v) is 2.79. The SMILES string of the molecule is NC(=O)c1ccc(N=c2oc3c(Cl)cc(Cl)cc3cc2C(N)=O)cc1. The average molecular weight is 376 g/mol. The van der Waals surface area contributed by atoms with E-state index in [1.807, 2.05) is 0 Å². The molecule has 2 amide bonds. The second kappa shape index (κ2) is 6.58. The minimum atomic E-state index is -0.714. The first-order valence-corrected chi connectivity index (χ1v) is 7.78. The lowest BCUT2D eigenvalue weighted by Gasteiger charge is -2.04. The van der Waals surface area contributed by atoms with Crippen LogP contribution in [-0.4, -0.2) is 11.8 Å². The number of nitrogens with zero attached hydrogens (tertiary/aromatic N) is 1. The van der Waals surface area contributed by atoms with E-state index in [1.165, 1.54) is 24.3 Å². The second-order valence-electron chi connectivity index (χ2n) is 5.16. The van der Waals surface area contributed by atoms with Crippen molar-refractivity contribution in [3.05, 3.63) is 69.2 Å². The maximum Gasteiger partial charge on any atom is 0.254 e. The number of benzene rings is 2. The van der Waals surface area contributed by atoms with Crippen LogP contribution in [0.5, 0.6) is 0 Å². The van der Waals surface area contributed by atoms with Gasteiger partial charge in [-0.1, -0.05) is 23.2 Å². The number of fused-ring (bicyclic) bond motifs is 1. The Labute approximate surface area is 151 Å². The number of hydrogen-bond acceptors (Lipinski definition) is 4. The van der Waals surface area contributed by atoms with Gasteiger partial charge in [-0.3, -0.25) is 9.59 Å². The predicted molar refractivity (Wildman–Crippen MR) is 94.9 cm³/mol. The number of carbonyl (C=O) groups excluding carboxylic acids is 2. The van der Waals surface area contributed by atoms with Crippen LogP contribution in [0.1, 0.15) is 20.7 Å². The van der Waals surface area contributed by atoms with E-state index in [-0.39, 0.29) is 16.1 Å². The Bertz CT molecular complexity index is 1070. The molecule has 0 unspecified atom stereocenters. The molecule has 25 heavy (non-hydrogen) atoms. The first kappa shape index (κ1) is 17.0. The highest BCUT2D eigenvalue weighted by molar-refractivity contribution is 6.38. The number of halogens is 2. The van der Waals surface area contributed by atoms with Crippen LogP contribution in [0, 0.1) is 0 Å². The third kappa shape index (κ3) is 3.50. The zero-order chi connectivity index (χ0) is 18.1. The number of primary amides is 2. The Morgan fingerprint density at radius 1 is 0.960 bits per heavy atom. The monoisotopic (exact) mass is 375 g/mol. The molecule has 0 bridgehead atoms. The highest BCUT2D eigenvalue weighted by Gasteiger charge is 2.12. The van der Waals surface area contributed by atoms with Gasteiger partial charge in [0.15, 0.2) is 5.58 Å². The molecule has 0 aliphatic carbocycles. The van der Waals surface area contributed by atoms with Crippen LogP contribution in [0.4, 0.5) is 5.69 Å². The molecule has 8 heteroatoms. The summed E-state index contributed by atoms with van der Waals surface area (Å²) in [4.78, 5) is 27.1. The first-order chi connectivity index (χ1) is 11.8. The third-order valence-electron chi connectivity index (χ3n) is 3.41. The van der Waals surface area contributed by atoms with Gasteiger partial charge in [0.2, 0.25) is 11.5 Å². The van der Waals surface area contributed by atoms with Gasteiger partial charge in [-0.25, -0.2) is 4.99 Å². The van der Waals surface area contributed by atoms with Gasteiger partial charge in [0, 0.05) is 16.0 Å². The minimum absolute atomic E-state index is 0.00366. The van der Waals surface area contributed by atoms with Crippen molar-refractivity contribution in [3.63, 3.8) is 0 Å². The summed E-state index contributed by atoms with van der Waals surface area (Å²) in [6, 6.07) is 10.8. The van der Waals surface area contributed by atoms with E-state index in [2.05, 4.69) is 4.99 Å². The van der Waals surface area contributed by atoms with Crippen molar-refractivity contribution in [1.29, 1.82) is 0 Å². The normalized spacial score (nSPS) is 11.7. The highest BCUT2D eigenvalue weighted by atomic mass is 35.5. The Morgan fingerprint density at radius 3 is 2.24 bits per heavy atom. The molecule has 0 atom stereocenters. The van der Waals surface area contributed by atoms with E-state index in [0.717, 1.165) is 0 Å². The van der Waals surface area contributed by atoms with Gasteiger partial charge in [0.05, 0.1) is 10.7 Å². The van der Waals surface area contributed by atoms with Crippen molar-refractivity contribution < 1.29 is 14.0 Å². The third-order valence-corrected chi connectivity index (χ3v) is 3.91. The summed E-state index contributed by atoms with van der Waals surface area (Å²) in [7, 11) is 0. The number of rotatable bonds is 3. The first-order valence-electron chi connectivity index (χ1n) is 7.02. The van der Waals surface area contributed by atoms with E-state index < -0.39 is 11.8 Å². The largest absolute Gasteiger partial charge is 0.436 e. The van der Waals surface area contributed by atoms with Crippen LogP contribution in [-0.2, 0) is 0 Å². The van der Waals surface area contributed by atoms with Gasteiger partial charge in [-0.15, -0.1) is 0 Å². The lowest BCUT2D eigenvalue weighted by atomic mass is 10.1. The summed E-state index contributed by atoms with van der Waals surface area (Å²) >= 11 is 12.1. The molecule has 0 radical (unpaired) electrons. The molecule has 2 aromatic carbocycles. The average Bonchev–Trinajstić information content (AvgIpc) is 2.55. The van der Waals surface area contributed by atoms with Crippen molar-refractivity contribution in [2.45, 2.75) is 0 Å². The lowest BCUT2D eigenvalue weighted by molar-refractivity contribution is 0.0989. The molecule has 1 heterocycles. The molecule has 0 fully saturated rings. The zero-order valence-electron chi connectivity index (χ0n) is 12.6. The van der Waals surface area contributed by atoms with E-state index in [9.17, 15) is 9.59 Å². The van der Waals surface area contributed by atoms with E-state index in [1.54, 1.807) is 18.2 Å². The van der Waals surface area contributed by atoms with Crippen molar-refractivity contribution in [1.82, 2.24) is 0 Å². The van der Waals surface area contributed by atoms with Gasteiger partial charge in [-0.05, 0) is 42.5 Å². The molecule has 126 valence electrons. The maximum atomic E-state index is 11.7. The fourth-order valence-electron chi connectivity index (χ4n) is 2.24. The van der Waals surface area contributed by atoms with Gasteiger partial charge >= 0.3 is 0 Å². The summed E-state index contributed by atoms with van der Waals surface area (Å²) in [5.41, 5.74) is 11.8. The number of hydrogen-bond donors (Lipinski definition) is 2. The van der Waals surface area contributed by atoms with E-state index in [4.69, 9.17) is 39.1 Å². The summed E-state index contributed by atoms with van der Waals surface area (Å²) < 4.78 is 5.67. The Morgan fingerprint density at radius 2 is 1.64 bits per heavy atom. The van der Waals surface area contributed by atoms with E-state index in [0.29, 0.717) is 27.2 Å². The smallest absolute Gasteiger partial charge is 0.254 e. The molecule has 6 nitrogen and oxygen atoms in total. The molecular weight excluding hydrogens is 365 g/mol. The highest BCUT2D eigenvalue weighted by Crippen LogP contribution is 2.27.